The summed E-state index contributed by atoms with van der Waals surface area (Å²) in [6.07, 6.45) is 0. The van der Waals surface area contributed by atoms with Crippen molar-refractivity contribution in [2.75, 3.05) is 7.11 Å². The molecule has 0 unspecified atom stereocenters. The lowest BCUT2D eigenvalue weighted by Crippen LogP contribution is -2.21. The third kappa shape index (κ3) is 3.72. The Morgan fingerprint density at radius 3 is 2.55 bits per heavy atom. The lowest BCUT2D eigenvalue weighted by Gasteiger charge is -2.10. The van der Waals surface area contributed by atoms with E-state index in [1.807, 2.05) is 18.2 Å². The molecule has 0 aliphatic carbocycles. The maximum atomic E-state index is 13.0. The Kier molecular flexibility index (Phi) is 5.04. The summed E-state index contributed by atoms with van der Waals surface area (Å²) < 4.78 is 12.0. The second-order valence-electron chi connectivity index (χ2n) is 6.07. The number of benzene rings is 2. The monoisotopic (exact) mass is 427 g/mol. The van der Waals surface area contributed by atoms with Crippen LogP contribution in [0.15, 0.2) is 53.3 Å². The molecule has 0 saturated carbocycles. The van der Waals surface area contributed by atoms with Crippen LogP contribution in [0.25, 0.3) is 26.3 Å². The third-order valence-electron chi connectivity index (χ3n) is 4.12. The van der Waals surface area contributed by atoms with Gasteiger partial charge in [-0.1, -0.05) is 28.9 Å². The van der Waals surface area contributed by atoms with E-state index in [0.29, 0.717) is 26.7 Å². The van der Waals surface area contributed by atoms with E-state index < -0.39 is 5.97 Å². The Morgan fingerprint density at radius 1 is 1.10 bits per heavy atom. The van der Waals surface area contributed by atoms with Gasteiger partial charge in [0.15, 0.2) is 11.5 Å². The zero-order valence-corrected chi connectivity index (χ0v) is 17.0. The summed E-state index contributed by atoms with van der Waals surface area (Å²) in [5.41, 5.74) is 1.60. The van der Waals surface area contributed by atoms with E-state index in [0.717, 1.165) is 10.4 Å². The van der Waals surface area contributed by atoms with Crippen LogP contribution < -0.4 is 15.0 Å². The van der Waals surface area contributed by atoms with Gasteiger partial charge < -0.3 is 9.47 Å². The van der Waals surface area contributed by atoms with Gasteiger partial charge in [-0.2, -0.15) is 4.68 Å². The third-order valence-corrected chi connectivity index (χ3v) is 5.53. The Balaban J connectivity index is 1.79. The molecule has 0 fully saturated rings. The molecule has 0 aliphatic heterocycles. The predicted octanol–water partition coefficient (Wildman–Crippen LogP) is 4.10. The SMILES string of the molecule is COc1cc(-n2nnc3cc(-c4ccc(Cl)cc4)sc3c2=O)ccc1OC(C)=O. The van der Waals surface area contributed by atoms with Crippen LogP contribution in [0.4, 0.5) is 0 Å². The van der Waals surface area contributed by atoms with Crippen LogP contribution in [0, 0.1) is 0 Å². The normalized spacial score (nSPS) is 10.9. The summed E-state index contributed by atoms with van der Waals surface area (Å²) in [5, 5.41) is 8.86. The number of carbonyl (C=O) groups is 1. The highest BCUT2D eigenvalue weighted by atomic mass is 35.5. The number of fused-ring (bicyclic) bond motifs is 1. The number of thiophene rings is 1. The van der Waals surface area contributed by atoms with E-state index in [9.17, 15) is 9.59 Å². The molecule has 7 nitrogen and oxygen atoms in total. The van der Waals surface area contributed by atoms with Crippen molar-refractivity contribution >= 4 is 39.1 Å². The van der Waals surface area contributed by atoms with Gasteiger partial charge in [0, 0.05) is 22.9 Å². The van der Waals surface area contributed by atoms with Crippen molar-refractivity contribution < 1.29 is 14.3 Å². The van der Waals surface area contributed by atoms with Crippen molar-refractivity contribution in [2.45, 2.75) is 6.92 Å². The number of aromatic nitrogens is 3. The molecule has 0 N–H and O–H groups in total. The number of hydrogen-bond donors (Lipinski definition) is 0. The molecule has 0 radical (unpaired) electrons. The number of nitrogens with zero attached hydrogens (tertiary/aromatic N) is 3. The van der Waals surface area contributed by atoms with Crippen LogP contribution in [0.5, 0.6) is 11.5 Å². The van der Waals surface area contributed by atoms with Gasteiger partial charge in [-0.05, 0) is 35.9 Å². The fourth-order valence-electron chi connectivity index (χ4n) is 2.79. The van der Waals surface area contributed by atoms with Crippen molar-refractivity contribution in [3.8, 4) is 27.6 Å². The minimum atomic E-state index is -0.470. The summed E-state index contributed by atoms with van der Waals surface area (Å²) in [6, 6.07) is 13.9. The molecule has 2 heterocycles. The fourth-order valence-corrected chi connectivity index (χ4v) is 3.94. The molecule has 0 spiro atoms. The number of rotatable bonds is 4. The molecule has 2 aromatic carbocycles. The van der Waals surface area contributed by atoms with Gasteiger partial charge in [-0.3, -0.25) is 9.59 Å². The van der Waals surface area contributed by atoms with Gasteiger partial charge in [0.05, 0.1) is 12.8 Å². The standard InChI is InChI=1S/C20H14ClN3O4S/c1-11(25)28-16-8-7-14(9-17(16)27-2)24-20(26)19-15(22-23-24)10-18(29-19)12-3-5-13(21)6-4-12/h3-10H,1-2H3. The Labute approximate surface area is 174 Å². The van der Waals surface area contributed by atoms with E-state index in [4.69, 9.17) is 21.1 Å². The topological polar surface area (TPSA) is 83.3 Å². The van der Waals surface area contributed by atoms with Gasteiger partial charge in [-0.25, -0.2) is 0 Å². The number of methoxy groups -OCH3 is 1. The number of ether oxygens (including phenoxy) is 2. The van der Waals surface area contributed by atoms with Gasteiger partial charge in [0.2, 0.25) is 0 Å². The first kappa shape index (κ1) is 19.1. The highest BCUT2D eigenvalue weighted by Crippen LogP contribution is 2.32. The largest absolute Gasteiger partial charge is 0.493 e. The highest BCUT2D eigenvalue weighted by molar-refractivity contribution is 7.22. The lowest BCUT2D eigenvalue weighted by atomic mass is 10.2. The first-order valence-corrected chi connectivity index (χ1v) is 9.68. The second-order valence-corrected chi connectivity index (χ2v) is 7.56. The van der Waals surface area contributed by atoms with E-state index in [1.165, 1.54) is 30.1 Å². The number of hydrogen-bond acceptors (Lipinski definition) is 7. The number of carbonyl (C=O) groups excluding carboxylic acids is 1. The van der Waals surface area contributed by atoms with E-state index in [1.54, 1.807) is 30.3 Å². The molecular weight excluding hydrogens is 414 g/mol. The van der Waals surface area contributed by atoms with Gasteiger partial charge in [-0.15, -0.1) is 16.4 Å². The maximum absolute atomic E-state index is 13.0. The minimum Gasteiger partial charge on any atom is -0.493 e. The Bertz CT molecular complexity index is 1280. The molecule has 4 aromatic rings. The Hall–Kier alpha value is -3.23. The summed E-state index contributed by atoms with van der Waals surface area (Å²) >= 11 is 7.28. The summed E-state index contributed by atoms with van der Waals surface area (Å²) in [7, 11) is 1.45. The number of esters is 1. The van der Waals surface area contributed by atoms with Crippen LogP contribution in [0.3, 0.4) is 0 Å². The van der Waals surface area contributed by atoms with Gasteiger partial charge in [0.1, 0.15) is 10.2 Å². The molecule has 0 amide bonds. The van der Waals surface area contributed by atoms with Crippen LogP contribution in [-0.4, -0.2) is 28.1 Å². The first-order chi connectivity index (χ1) is 14.0. The molecule has 146 valence electrons. The zero-order valence-electron chi connectivity index (χ0n) is 15.4. The van der Waals surface area contributed by atoms with Crippen molar-refractivity contribution in [1.82, 2.24) is 15.0 Å². The molecule has 2 aromatic heterocycles. The molecule has 0 bridgehead atoms. The maximum Gasteiger partial charge on any atom is 0.308 e. The first-order valence-electron chi connectivity index (χ1n) is 8.48. The highest BCUT2D eigenvalue weighted by Gasteiger charge is 2.15. The minimum absolute atomic E-state index is 0.256. The van der Waals surface area contributed by atoms with Crippen LogP contribution in [0.2, 0.25) is 5.02 Å². The summed E-state index contributed by atoms with van der Waals surface area (Å²) in [5.74, 6) is 0.0919. The van der Waals surface area contributed by atoms with Crippen LogP contribution >= 0.6 is 22.9 Å². The quantitative estimate of drug-likeness (QED) is 0.360. The number of halogens is 1. The van der Waals surface area contributed by atoms with Crippen molar-refractivity contribution in [1.29, 1.82) is 0 Å². The molecular formula is C20H14ClN3O4S. The lowest BCUT2D eigenvalue weighted by molar-refractivity contribution is -0.132. The van der Waals surface area contributed by atoms with Crippen molar-refractivity contribution in [3.63, 3.8) is 0 Å². The van der Waals surface area contributed by atoms with Gasteiger partial charge in [0.25, 0.3) is 5.56 Å². The average Bonchev–Trinajstić information content (AvgIpc) is 3.14. The summed E-state index contributed by atoms with van der Waals surface area (Å²) in [6.45, 7) is 1.30. The van der Waals surface area contributed by atoms with Crippen molar-refractivity contribution in [3.05, 3.63) is 63.9 Å². The molecule has 9 heteroatoms. The average molecular weight is 428 g/mol. The molecule has 0 aliphatic rings. The van der Waals surface area contributed by atoms with Crippen LogP contribution in [-0.2, 0) is 4.79 Å². The second kappa shape index (κ2) is 7.65. The van der Waals surface area contributed by atoms with E-state index in [-0.39, 0.29) is 11.3 Å². The molecule has 4 rings (SSSR count). The molecule has 0 saturated heterocycles. The van der Waals surface area contributed by atoms with Crippen molar-refractivity contribution in [2.24, 2.45) is 0 Å². The molecule has 29 heavy (non-hydrogen) atoms. The van der Waals surface area contributed by atoms with Crippen LogP contribution in [0.1, 0.15) is 6.92 Å². The predicted molar refractivity (Wildman–Crippen MR) is 111 cm³/mol. The Morgan fingerprint density at radius 2 is 1.86 bits per heavy atom. The van der Waals surface area contributed by atoms with E-state index >= 15 is 0 Å². The molecule has 0 atom stereocenters. The van der Waals surface area contributed by atoms with E-state index in [2.05, 4.69) is 10.3 Å². The zero-order chi connectivity index (χ0) is 20.5. The summed E-state index contributed by atoms with van der Waals surface area (Å²) in [4.78, 5) is 25.1. The smallest absolute Gasteiger partial charge is 0.308 e. The van der Waals surface area contributed by atoms with Gasteiger partial charge >= 0.3 is 5.97 Å². The fraction of sp³-hybridized carbons (Fsp3) is 0.100.